The predicted octanol–water partition coefficient (Wildman–Crippen LogP) is 2.33. The number of halogens is 1. The second-order valence-corrected chi connectivity index (χ2v) is 6.17. The molecule has 0 aliphatic carbocycles. The molecule has 0 aliphatic heterocycles. The van der Waals surface area contributed by atoms with Crippen molar-refractivity contribution in [3.63, 3.8) is 0 Å². The molecule has 29 heavy (non-hydrogen) atoms. The van der Waals surface area contributed by atoms with Crippen molar-refractivity contribution in [2.45, 2.75) is 13.3 Å². The van der Waals surface area contributed by atoms with Crippen LogP contribution < -0.4 is 15.4 Å². The molecule has 2 N–H and O–H groups in total. The van der Waals surface area contributed by atoms with Crippen LogP contribution in [-0.2, 0) is 11.2 Å². The molecular weight excluding hydrogens is 481 g/mol. The van der Waals surface area contributed by atoms with Gasteiger partial charge in [0.05, 0.1) is 6.54 Å². The number of nitrogens with zero attached hydrogens (tertiary/aromatic N) is 3. The van der Waals surface area contributed by atoms with Crippen LogP contribution in [0.25, 0.3) is 0 Å². The average molecular weight is 511 g/mol. The molecular formula is C21H30IN5O2. The third kappa shape index (κ3) is 10.1. The molecule has 0 unspecified atom stereocenters. The van der Waals surface area contributed by atoms with Crippen LogP contribution in [0.1, 0.15) is 12.6 Å². The van der Waals surface area contributed by atoms with Crippen LogP contribution in [-0.4, -0.2) is 61.6 Å². The molecule has 0 atom stereocenters. The van der Waals surface area contributed by atoms with Gasteiger partial charge in [-0.25, -0.2) is 4.99 Å². The Kier molecular flexibility index (Phi) is 12.4. The van der Waals surface area contributed by atoms with Gasteiger partial charge in [-0.3, -0.25) is 9.78 Å². The van der Waals surface area contributed by atoms with Gasteiger partial charge in [0.25, 0.3) is 0 Å². The Balaban J connectivity index is 0.00000420. The third-order valence-electron chi connectivity index (χ3n) is 3.98. The van der Waals surface area contributed by atoms with Gasteiger partial charge in [0.15, 0.2) is 5.96 Å². The summed E-state index contributed by atoms with van der Waals surface area (Å²) in [6, 6.07) is 15.4. The number of hydrogen-bond donors (Lipinski definition) is 2. The number of aromatic nitrogens is 1. The summed E-state index contributed by atoms with van der Waals surface area (Å²) in [5.74, 6) is 1.40. The van der Waals surface area contributed by atoms with Crippen molar-refractivity contribution >= 4 is 35.8 Å². The molecule has 0 spiro atoms. The summed E-state index contributed by atoms with van der Waals surface area (Å²) < 4.78 is 5.65. The number of ether oxygens (including phenoxy) is 1. The van der Waals surface area contributed by atoms with Crippen LogP contribution in [0.5, 0.6) is 5.75 Å². The van der Waals surface area contributed by atoms with E-state index in [1.807, 2.05) is 55.5 Å². The Morgan fingerprint density at radius 1 is 1.14 bits per heavy atom. The van der Waals surface area contributed by atoms with Gasteiger partial charge < -0.3 is 20.3 Å². The Hall–Kier alpha value is -2.36. The Morgan fingerprint density at radius 3 is 2.59 bits per heavy atom. The lowest BCUT2D eigenvalue weighted by molar-refractivity contribution is -0.128. The topological polar surface area (TPSA) is 78.9 Å². The molecule has 8 heteroatoms. The van der Waals surface area contributed by atoms with E-state index in [0.717, 1.165) is 24.4 Å². The molecule has 1 aromatic carbocycles. The molecule has 2 aromatic rings. The number of rotatable bonds is 10. The van der Waals surface area contributed by atoms with E-state index < -0.39 is 0 Å². The number of hydrogen-bond acceptors (Lipinski definition) is 4. The van der Waals surface area contributed by atoms with E-state index in [1.165, 1.54) is 0 Å². The molecule has 1 heterocycles. The number of carbonyl (C=O) groups excluding carboxylic acids is 1. The Bertz CT molecular complexity index is 728. The standard InChI is InChI=1S/C21H29N5O2.HI/c1-3-22-21(24-14-16-28-19-10-5-4-6-11-19)25-17-20(27)26(2)15-12-18-9-7-8-13-23-18;/h4-11,13H,3,12,14-17H2,1-2H3,(H2,22,24,25);1H. The van der Waals surface area contributed by atoms with Gasteiger partial charge in [0.2, 0.25) is 5.91 Å². The zero-order valence-corrected chi connectivity index (χ0v) is 19.3. The highest BCUT2D eigenvalue weighted by atomic mass is 127. The second-order valence-electron chi connectivity index (χ2n) is 6.17. The lowest BCUT2D eigenvalue weighted by Gasteiger charge is -2.17. The van der Waals surface area contributed by atoms with Crippen molar-refractivity contribution in [1.29, 1.82) is 0 Å². The normalized spacial score (nSPS) is 10.6. The fourth-order valence-electron chi connectivity index (χ4n) is 2.42. The molecule has 0 aliphatic rings. The van der Waals surface area contributed by atoms with Crippen molar-refractivity contribution in [3.8, 4) is 5.75 Å². The summed E-state index contributed by atoms with van der Waals surface area (Å²) in [6.07, 6.45) is 2.49. The molecule has 0 radical (unpaired) electrons. The number of likely N-dealkylation sites (N-methyl/N-ethyl adjacent to an activating group) is 1. The van der Waals surface area contributed by atoms with Crippen LogP contribution in [0.15, 0.2) is 59.7 Å². The second kappa shape index (κ2) is 14.6. The zero-order chi connectivity index (χ0) is 20.0. The van der Waals surface area contributed by atoms with Gasteiger partial charge in [-0.15, -0.1) is 24.0 Å². The van der Waals surface area contributed by atoms with Gasteiger partial charge in [0, 0.05) is 38.4 Å². The van der Waals surface area contributed by atoms with Crippen molar-refractivity contribution in [1.82, 2.24) is 20.5 Å². The molecule has 7 nitrogen and oxygen atoms in total. The van der Waals surface area contributed by atoms with Crippen molar-refractivity contribution in [2.24, 2.45) is 4.99 Å². The number of pyridine rings is 1. The smallest absolute Gasteiger partial charge is 0.244 e. The highest BCUT2D eigenvalue weighted by Crippen LogP contribution is 2.07. The summed E-state index contributed by atoms with van der Waals surface area (Å²) in [5, 5.41) is 6.31. The minimum atomic E-state index is -0.0336. The van der Waals surface area contributed by atoms with Crippen LogP contribution >= 0.6 is 24.0 Å². The van der Waals surface area contributed by atoms with Gasteiger partial charge >= 0.3 is 0 Å². The highest BCUT2D eigenvalue weighted by Gasteiger charge is 2.09. The largest absolute Gasteiger partial charge is 0.492 e. The van der Waals surface area contributed by atoms with Crippen LogP contribution in [0.4, 0.5) is 0 Å². The van der Waals surface area contributed by atoms with E-state index >= 15 is 0 Å². The first-order valence-corrected chi connectivity index (χ1v) is 9.53. The van der Waals surface area contributed by atoms with E-state index in [2.05, 4.69) is 20.6 Å². The first kappa shape index (κ1) is 24.7. The number of benzene rings is 1. The predicted molar refractivity (Wildman–Crippen MR) is 127 cm³/mol. The summed E-state index contributed by atoms with van der Waals surface area (Å²) in [5.41, 5.74) is 0.971. The SMILES string of the molecule is CCNC(=NCC(=O)N(C)CCc1ccccn1)NCCOc1ccccc1.I. The summed E-state index contributed by atoms with van der Waals surface area (Å²) in [6.45, 7) is 4.50. The number of nitrogens with one attached hydrogen (secondary N) is 2. The number of amides is 1. The van der Waals surface area contributed by atoms with Crippen molar-refractivity contribution < 1.29 is 9.53 Å². The fraction of sp³-hybridized carbons (Fsp3) is 0.381. The lowest BCUT2D eigenvalue weighted by Crippen LogP contribution is -2.40. The van der Waals surface area contributed by atoms with E-state index in [9.17, 15) is 4.79 Å². The summed E-state index contributed by atoms with van der Waals surface area (Å²) in [7, 11) is 1.79. The highest BCUT2D eigenvalue weighted by molar-refractivity contribution is 14.0. The van der Waals surface area contributed by atoms with E-state index in [4.69, 9.17) is 4.74 Å². The van der Waals surface area contributed by atoms with Gasteiger partial charge in [-0.05, 0) is 31.2 Å². The maximum Gasteiger partial charge on any atom is 0.244 e. The van der Waals surface area contributed by atoms with Gasteiger partial charge in [0.1, 0.15) is 18.9 Å². The van der Waals surface area contributed by atoms with Crippen molar-refractivity contribution in [3.05, 3.63) is 60.4 Å². The minimum absolute atomic E-state index is 0. The maximum absolute atomic E-state index is 12.3. The lowest BCUT2D eigenvalue weighted by atomic mass is 10.2. The first-order chi connectivity index (χ1) is 13.7. The van der Waals surface area contributed by atoms with E-state index in [1.54, 1.807) is 18.1 Å². The van der Waals surface area contributed by atoms with Gasteiger partial charge in [-0.2, -0.15) is 0 Å². The minimum Gasteiger partial charge on any atom is -0.492 e. The van der Waals surface area contributed by atoms with E-state index in [-0.39, 0.29) is 36.4 Å². The van der Waals surface area contributed by atoms with Crippen LogP contribution in [0.2, 0.25) is 0 Å². The van der Waals surface area contributed by atoms with Crippen molar-refractivity contribution in [2.75, 3.05) is 39.8 Å². The van der Waals surface area contributed by atoms with Crippen LogP contribution in [0.3, 0.4) is 0 Å². The molecule has 1 amide bonds. The van der Waals surface area contributed by atoms with Gasteiger partial charge in [-0.1, -0.05) is 24.3 Å². The maximum atomic E-state index is 12.3. The van der Waals surface area contributed by atoms with E-state index in [0.29, 0.717) is 25.7 Å². The Labute approximate surface area is 190 Å². The quantitative estimate of drug-likeness (QED) is 0.222. The Morgan fingerprint density at radius 2 is 1.90 bits per heavy atom. The summed E-state index contributed by atoms with van der Waals surface area (Å²) >= 11 is 0. The number of aliphatic imine (C=N–C) groups is 1. The molecule has 158 valence electrons. The zero-order valence-electron chi connectivity index (χ0n) is 17.0. The first-order valence-electron chi connectivity index (χ1n) is 9.53. The molecule has 0 bridgehead atoms. The number of guanidine groups is 1. The third-order valence-corrected chi connectivity index (χ3v) is 3.98. The molecule has 0 saturated carbocycles. The average Bonchev–Trinajstić information content (AvgIpc) is 2.74. The summed E-state index contributed by atoms with van der Waals surface area (Å²) in [4.78, 5) is 22.6. The molecule has 2 rings (SSSR count). The number of carbonyl (C=O) groups is 1. The molecule has 0 saturated heterocycles. The van der Waals surface area contributed by atoms with Crippen LogP contribution in [0, 0.1) is 0 Å². The number of para-hydroxylation sites is 1. The molecule has 0 fully saturated rings. The fourth-order valence-corrected chi connectivity index (χ4v) is 2.42. The molecule has 1 aromatic heterocycles. The monoisotopic (exact) mass is 511 g/mol.